The lowest BCUT2D eigenvalue weighted by molar-refractivity contribution is 0.302. The van der Waals surface area contributed by atoms with Crippen LogP contribution in [0.2, 0.25) is 0 Å². The van der Waals surface area contributed by atoms with Gasteiger partial charge in [0.2, 0.25) is 0 Å². The van der Waals surface area contributed by atoms with Crippen molar-refractivity contribution in [2.45, 2.75) is 57.7 Å². The summed E-state index contributed by atoms with van der Waals surface area (Å²) in [5, 5.41) is 7.48. The first kappa shape index (κ1) is 26.3. The average molecular weight is 449 g/mol. The Morgan fingerprint density at radius 2 is 1.87 bits per heavy atom. The maximum absolute atomic E-state index is 5.63. The third-order valence-corrected chi connectivity index (χ3v) is 5.61. The summed E-state index contributed by atoms with van der Waals surface area (Å²) in [6, 6.07) is 17.9. The van der Waals surface area contributed by atoms with Crippen molar-refractivity contribution in [3.8, 4) is 17.6 Å². The summed E-state index contributed by atoms with van der Waals surface area (Å²) in [6.07, 6.45) is 2.36. The predicted octanol–water partition coefficient (Wildman–Crippen LogP) is 5.42. The molecule has 0 aliphatic carbocycles. The average Bonchev–Trinajstić information content (AvgIpc) is 2.73. The second kappa shape index (κ2) is 12.2. The van der Waals surface area contributed by atoms with E-state index in [4.69, 9.17) is 4.74 Å². The van der Waals surface area contributed by atoms with Crippen LogP contribution >= 0.6 is 24.8 Å². The van der Waals surface area contributed by atoms with Gasteiger partial charge in [-0.3, -0.25) is 0 Å². The lowest BCUT2D eigenvalue weighted by Crippen LogP contribution is -2.45. The molecule has 3 rings (SSSR count). The van der Waals surface area contributed by atoms with Gasteiger partial charge in [-0.25, -0.2) is 0 Å². The van der Waals surface area contributed by atoms with Crippen molar-refractivity contribution < 1.29 is 4.74 Å². The number of hydrogen-bond acceptors (Lipinski definition) is 3. The molecule has 0 unspecified atom stereocenters. The fourth-order valence-electron chi connectivity index (χ4n) is 4.05. The van der Waals surface area contributed by atoms with E-state index < -0.39 is 0 Å². The Hall–Kier alpha value is -1.70. The van der Waals surface area contributed by atoms with Gasteiger partial charge in [-0.15, -0.1) is 30.7 Å². The van der Waals surface area contributed by atoms with Crippen LogP contribution in [0.25, 0.3) is 0 Å². The fourth-order valence-corrected chi connectivity index (χ4v) is 4.05. The lowest BCUT2D eigenvalue weighted by Gasteiger charge is -2.34. The molecular weight excluding hydrogens is 415 g/mol. The molecule has 2 aromatic rings. The molecule has 1 saturated heterocycles. The van der Waals surface area contributed by atoms with Gasteiger partial charge in [-0.05, 0) is 63.4 Å². The van der Waals surface area contributed by atoms with Crippen LogP contribution in [0.15, 0.2) is 48.5 Å². The fraction of sp³-hybridized carbons (Fsp3) is 0.440. The van der Waals surface area contributed by atoms with E-state index in [0.717, 1.165) is 18.8 Å². The topological polar surface area (TPSA) is 33.3 Å². The molecule has 5 heteroatoms. The van der Waals surface area contributed by atoms with Crippen molar-refractivity contribution in [3.05, 3.63) is 65.2 Å². The van der Waals surface area contributed by atoms with Gasteiger partial charge in [0.05, 0.1) is 12.5 Å². The third kappa shape index (κ3) is 6.40. The summed E-state index contributed by atoms with van der Waals surface area (Å²) in [6.45, 7) is 8.08. The first-order chi connectivity index (χ1) is 13.5. The van der Waals surface area contributed by atoms with Gasteiger partial charge in [0.15, 0.2) is 0 Å². The van der Waals surface area contributed by atoms with Crippen molar-refractivity contribution in [1.82, 2.24) is 10.6 Å². The van der Waals surface area contributed by atoms with Crippen LogP contribution in [0.3, 0.4) is 0 Å². The van der Waals surface area contributed by atoms with Crippen molar-refractivity contribution >= 4 is 24.8 Å². The summed E-state index contributed by atoms with van der Waals surface area (Å²) in [5.74, 6) is 7.30. The predicted molar refractivity (Wildman–Crippen MR) is 131 cm³/mol. The number of hydrogen-bond donors (Lipinski definition) is 2. The van der Waals surface area contributed by atoms with E-state index in [-0.39, 0.29) is 30.2 Å². The highest BCUT2D eigenvalue weighted by Gasteiger charge is 2.26. The van der Waals surface area contributed by atoms with Crippen LogP contribution in [-0.4, -0.2) is 19.7 Å². The van der Waals surface area contributed by atoms with Gasteiger partial charge in [0.1, 0.15) is 5.75 Å². The summed E-state index contributed by atoms with van der Waals surface area (Å²) in [5.41, 5.74) is 3.58. The van der Waals surface area contributed by atoms with E-state index in [2.05, 4.69) is 84.9 Å². The SMILES string of the molecule is CC#CC(C)(C)c1ccc(OC)c(CN[C@H]2CCCN[C@H]2c2ccccc2)c1.Cl.Cl. The number of piperidine rings is 1. The van der Waals surface area contributed by atoms with E-state index in [0.29, 0.717) is 12.1 Å². The Morgan fingerprint density at radius 1 is 1.13 bits per heavy atom. The van der Waals surface area contributed by atoms with Crippen LogP contribution < -0.4 is 15.4 Å². The Bertz CT molecular complexity index is 843. The minimum atomic E-state index is -0.172. The molecule has 1 fully saturated rings. The number of benzene rings is 2. The van der Waals surface area contributed by atoms with Crippen molar-refractivity contribution in [3.63, 3.8) is 0 Å². The number of halogens is 2. The normalized spacial score (nSPS) is 18.3. The second-order valence-corrected chi connectivity index (χ2v) is 8.00. The van der Waals surface area contributed by atoms with Crippen LogP contribution in [0.4, 0.5) is 0 Å². The molecule has 2 N–H and O–H groups in total. The van der Waals surface area contributed by atoms with Crippen molar-refractivity contribution in [2.75, 3.05) is 13.7 Å². The zero-order chi connectivity index (χ0) is 20.0. The van der Waals surface area contributed by atoms with Crippen molar-refractivity contribution in [1.29, 1.82) is 0 Å². The molecule has 2 aromatic carbocycles. The van der Waals surface area contributed by atoms with Crippen LogP contribution in [0.1, 0.15) is 56.3 Å². The first-order valence-electron chi connectivity index (χ1n) is 10.2. The number of nitrogens with one attached hydrogen (secondary N) is 2. The van der Waals surface area contributed by atoms with E-state index >= 15 is 0 Å². The molecule has 0 aromatic heterocycles. The summed E-state index contributed by atoms with van der Waals surface area (Å²) in [7, 11) is 1.74. The highest BCUT2D eigenvalue weighted by molar-refractivity contribution is 5.85. The minimum absolute atomic E-state index is 0. The molecule has 1 aliphatic rings. The van der Waals surface area contributed by atoms with Gasteiger partial charge < -0.3 is 15.4 Å². The molecule has 164 valence electrons. The van der Waals surface area contributed by atoms with E-state index in [9.17, 15) is 0 Å². The van der Waals surface area contributed by atoms with Gasteiger partial charge in [-0.1, -0.05) is 42.3 Å². The molecule has 2 atom stereocenters. The Labute approximate surface area is 194 Å². The van der Waals surface area contributed by atoms with Gasteiger partial charge in [0, 0.05) is 24.2 Å². The maximum Gasteiger partial charge on any atom is 0.123 e. The zero-order valence-corrected chi connectivity index (χ0v) is 20.0. The molecule has 1 heterocycles. The van der Waals surface area contributed by atoms with Gasteiger partial charge in [-0.2, -0.15) is 0 Å². The number of methoxy groups -OCH3 is 1. The Balaban J connectivity index is 0.00000225. The largest absolute Gasteiger partial charge is 0.496 e. The lowest BCUT2D eigenvalue weighted by atomic mass is 9.84. The van der Waals surface area contributed by atoms with Crippen LogP contribution in [0.5, 0.6) is 5.75 Å². The van der Waals surface area contributed by atoms with Crippen molar-refractivity contribution in [2.24, 2.45) is 0 Å². The quantitative estimate of drug-likeness (QED) is 0.578. The van der Waals surface area contributed by atoms with Gasteiger partial charge in [0.25, 0.3) is 0 Å². The Kier molecular flexibility index (Phi) is 10.7. The molecule has 30 heavy (non-hydrogen) atoms. The second-order valence-electron chi connectivity index (χ2n) is 8.00. The number of ether oxygens (including phenoxy) is 1. The molecule has 0 spiro atoms. The van der Waals surface area contributed by atoms with Crippen LogP contribution in [-0.2, 0) is 12.0 Å². The molecule has 1 aliphatic heterocycles. The van der Waals surface area contributed by atoms with Gasteiger partial charge >= 0.3 is 0 Å². The molecule has 0 radical (unpaired) electrons. The highest BCUT2D eigenvalue weighted by atomic mass is 35.5. The van der Waals surface area contributed by atoms with E-state index in [1.807, 2.05) is 6.92 Å². The third-order valence-electron chi connectivity index (χ3n) is 5.61. The molecular formula is C25H34Cl2N2O. The maximum atomic E-state index is 5.63. The summed E-state index contributed by atoms with van der Waals surface area (Å²) < 4.78 is 5.63. The molecule has 3 nitrogen and oxygen atoms in total. The van der Waals surface area contributed by atoms with E-state index in [1.54, 1.807) is 7.11 Å². The summed E-state index contributed by atoms with van der Waals surface area (Å²) >= 11 is 0. The monoisotopic (exact) mass is 448 g/mol. The van der Waals surface area contributed by atoms with Crippen LogP contribution in [0, 0.1) is 11.8 Å². The molecule has 0 amide bonds. The van der Waals surface area contributed by atoms with E-state index in [1.165, 1.54) is 29.5 Å². The minimum Gasteiger partial charge on any atom is -0.496 e. The summed E-state index contributed by atoms with van der Waals surface area (Å²) in [4.78, 5) is 0. The molecule has 0 bridgehead atoms. The standard InChI is InChI=1S/C25H32N2O.2ClH/c1-5-15-25(2,3)21-13-14-23(28-4)20(17-21)18-27-22-12-9-16-26-24(22)19-10-7-6-8-11-19;;/h6-8,10-11,13-14,17,22,24,26-27H,9,12,16,18H2,1-4H3;2*1H/t22-,24-;;/m0../s1. The Morgan fingerprint density at radius 3 is 2.53 bits per heavy atom. The smallest absolute Gasteiger partial charge is 0.123 e. The molecule has 0 saturated carbocycles. The first-order valence-corrected chi connectivity index (χ1v) is 10.2. The number of rotatable bonds is 6. The zero-order valence-electron chi connectivity index (χ0n) is 18.3. The highest BCUT2D eigenvalue weighted by Crippen LogP contribution is 2.29.